The summed E-state index contributed by atoms with van der Waals surface area (Å²) in [4.78, 5) is 65.3. The molecule has 2 aromatic carbocycles. The lowest BCUT2D eigenvalue weighted by molar-refractivity contribution is -0.176. The highest BCUT2D eigenvalue weighted by Gasteiger charge is 2.78. The summed E-state index contributed by atoms with van der Waals surface area (Å²) < 4.78 is 19.0. The number of benzene rings is 2. The average molecular weight is 429 g/mol. The summed E-state index contributed by atoms with van der Waals surface area (Å²) in [6.45, 7) is 0. The van der Waals surface area contributed by atoms with Gasteiger partial charge in [-0.25, -0.2) is 14.4 Å². The van der Waals surface area contributed by atoms with Gasteiger partial charge in [-0.3, -0.25) is 9.59 Å². The maximum absolute atomic E-state index is 13.4. The first-order valence-corrected chi connectivity index (χ1v) is 8.96. The van der Waals surface area contributed by atoms with Gasteiger partial charge in [-0.1, -0.05) is 36.4 Å². The van der Waals surface area contributed by atoms with Crippen molar-refractivity contribution in [1.29, 1.82) is 0 Å². The predicted octanol–water partition coefficient (Wildman–Crippen LogP) is 0.503. The smallest absolute Gasteiger partial charge is 0.376 e. The van der Waals surface area contributed by atoms with Gasteiger partial charge in [0.05, 0.1) is 28.4 Å². The maximum Gasteiger partial charge on any atom is 0.376 e. The summed E-state index contributed by atoms with van der Waals surface area (Å²) in [7, 11) is 3.79. The standard InChI is InChI=1S/C21H19NO9/c1-28-16(24)15(23)20(17(25)29-2)13-10-9-11-7-5-6-8-12(11)14(13)22-21(20,18(26)30-3)19(27)31-4/h5-10,22H,1-4H3. The second-order valence-corrected chi connectivity index (χ2v) is 6.63. The molecule has 31 heavy (non-hydrogen) atoms. The van der Waals surface area contributed by atoms with Crippen LogP contribution in [0.4, 0.5) is 5.69 Å². The molecule has 1 aliphatic heterocycles. The summed E-state index contributed by atoms with van der Waals surface area (Å²) in [6, 6.07) is 9.76. The number of ether oxygens (including phenoxy) is 4. The normalized spacial score (nSPS) is 18.3. The van der Waals surface area contributed by atoms with Crippen molar-refractivity contribution in [3.8, 4) is 0 Å². The molecule has 0 aromatic heterocycles. The third kappa shape index (κ3) is 2.61. The van der Waals surface area contributed by atoms with Crippen molar-refractivity contribution in [2.24, 2.45) is 0 Å². The first kappa shape index (κ1) is 21.8. The molecular formula is C21H19NO9. The molecule has 0 fully saturated rings. The van der Waals surface area contributed by atoms with Crippen molar-refractivity contribution < 1.29 is 42.9 Å². The van der Waals surface area contributed by atoms with Gasteiger partial charge in [-0.2, -0.15) is 0 Å². The summed E-state index contributed by atoms with van der Waals surface area (Å²) in [6.07, 6.45) is 0. The minimum Gasteiger partial charge on any atom is -0.468 e. The second-order valence-electron chi connectivity index (χ2n) is 6.63. The fourth-order valence-corrected chi connectivity index (χ4v) is 4.05. The van der Waals surface area contributed by atoms with E-state index in [1.807, 2.05) is 0 Å². The van der Waals surface area contributed by atoms with Crippen LogP contribution in [-0.2, 0) is 48.3 Å². The van der Waals surface area contributed by atoms with Crippen LogP contribution in [0.25, 0.3) is 10.8 Å². The van der Waals surface area contributed by atoms with Crippen LogP contribution in [0.1, 0.15) is 5.56 Å². The number of hydrogen-bond donors (Lipinski definition) is 1. The zero-order chi connectivity index (χ0) is 23.0. The van der Waals surface area contributed by atoms with Crippen LogP contribution in [-0.4, -0.2) is 63.6 Å². The third-order valence-corrected chi connectivity index (χ3v) is 5.39. The highest BCUT2D eigenvalue weighted by molar-refractivity contribution is 6.46. The molecular weight excluding hydrogens is 410 g/mol. The van der Waals surface area contributed by atoms with Gasteiger partial charge in [-0.15, -0.1) is 0 Å². The molecule has 10 nitrogen and oxygen atoms in total. The number of methoxy groups -OCH3 is 4. The van der Waals surface area contributed by atoms with Gasteiger partial charge in [-0.05, 0) is 5.39 Å². The number of esters is 4. The summed E-state index contributed by atoms with van der Waals surface area (Å²) in [5, 5.41) is 3.82. The number of anilines is 1. The molecule has 1 aliphatic rings. The quantitative estimate of drug-likeness (QED) is 0.310. The van der Waals surface area contributed by atoms with Crippen LogP contribution in [0, 0.1) is 0 Å². The molecule has 10 heteroatoms. The van der Waals surface area contributed by atoms with Crippen LogP contribution in [0.3, 0.4) is 0 Å². The number of nitrogens with one attached hydrogen (secondary N) is 1. The Labute approximate surface area is 176 Å². The number of ketones is 1. The summed E-state index contributed by atoms with van der Waals surface area (Å²) in [5.41, 5.74) is -5.64. The average Bonchev–Trinajstić information content (AvgIpc) is 3.14. The van der Waals surface area contributed by atoms with Crippen LogP contribution in [0.15, 0.2) is 36.4 Å². The van der Waals surface area contributed by atoms with Crippen LogP contribution >= 0.6 is 0 Å². The molecule has 0 spiro atoms. The van der Waals surface area contributed by atoms with E-state index in [1.54, 1.807) is 30.3 Å². The van der Waals surface area contributed by atoms with Gasteiger partial charge < -0.3 is 24.3 Å². The zero-order valence-electron chi connectivity index (χ0n) is 17.1. The molecule has 0 bridgehead atoms. The molecule has 0 saturated heterocycles. The van der Waals surface area contributed by atoms with E-state index in [4.69, 9.17) is 14.2 Å². The van der Waals surface area contributed by atoms with Crippen molar-refractivity contribution in [1.82, 2.24) is 0 Å². The molecule has 1 unspecified atom stereocenters. The molecule has 1 heterocycles. The maximum atomic E-state index is 13.4. The van der Waals surface area contributed by atoms with Crippen LogP contribution < -0.4 is 5.32 Å². The lowest BCUT2D eigenvalue weighted by Crippen LogP contribution is -2.71. The Kier molecular flexibility index (Phi) is 5.41. The summed E-state index contributed by atoms with van der Waals surface area (Å²) >= 11 is 0. The third-order valence-electron chi connectivity index (χ3n) is 5.39. The van der Waals surface area contributed by atoms with Crippen molar-refractivity contribution in [3.05, 3.63) is 42.0 Å². The van der Waals surface area contributed by atoms with E-state index in [-0.39, 0.29) is 11.3 Å². The Hall–Kier alpha value is -3.95. The molecule has 0 saturated carbocycles. The minimum absolute atomic E-state index is 0.0940. The fraction of sp³-hybridized carbons (Fsp3) is 0.286. The van der Waals surface area contributed by atoms with E-state index in [9.17, 15) is 24.0 Å². The van der Waals surface area contributed by atoms with Crippen molar-refractivity contribution in [2.75, 3.05) is 33.8 Å². The minimum atomic E-state index is -2.81. The number of Topliss-reactive ketones (excluding diaryl/α,β-unsaturated/α-hetero) is 1. The largest absolute Gasteiger partial charge is 0.468 e. The fourth-order valence-electron chi connectivity index (χ4n) is 4.05. The van der Waals surface area contributed by atoms with Gasteiger partial charge in [0, 0.05) is 16.6 Å². The molecule has 3 rings (SSSR count). The van der Waals surface area contributed by atoms with Crippen molar-refractivity contribution in [2.45, 2.75) is 11.0 Å². The monoisotopic (exact) mass is 429 g/mol. The molecule has 0 amide bonds. The van der Waals surface area contributed by atoms with E-state index in [0.717, 1.165) is 28.4 Å². The van der Waals surface area contributed by atoms with Crippen molar-refractivity contribution >= 4 is 46.1 Å². The van der Waals surface area contributed by atoms with E-state index >= 15 is 0 Å². The number of carbonyl (C=O) groups excluding carboxylic acids is 5. The Balaban J connectivity index is 2.58. The highest BCUT2D eigenvalue weighted by Crippen LogP contribution is 2.53. The Morgan fingerprint density at radius 3 is 1.87 bits per heavy atom. The second kappa shape index (κ2) is 7.71. The lowest BCUT2D eigenvalue weighted by atomic mass is 9.64. The van der Waals surface area contributed by atoms with E-state index in [2.05, 4.69) is 10.1 Å². The topological polar surface area (TPSA) is 134 Å². The zero-order valence-corrected chi connectivity index (χ0v) is 17.1. The molecule has 162 valence electrons. The number of fused-ring (bicyclic) bond motifs is 3. The molecule has 2 aromatic rings. The molecule has 1 atom stereocenters. The Morgan fingerprint density at radius 1 is 0.742 bits per heavy atom. The first-order chi connectivity index (χ1) is 14.8. The SMILES string of the molecule is COC(=O)C(=O)C1(C(=O)OC)c2ccc3ccccc3c2NC1(C(=O)OC)C(=O)OC. The number of carbonyl (C=O) groups is 5. The van der Waals surface area contributed by atoms with Gasteiger partial charge in [0.2, 0.25) is 5.41 Å². The summed E-state index contributed by atoms with van der Waals surface area (Å²) in [5.74, 6) is -6.98. The highest BCUT2D eigenvalue weighted by atomic mass is 16.6. The van der Waals surface area contributed by atoms with E-state index < -0.39 is 40.6 Å². The van der Waals surface area contributed by atoms with Crippen LogP contribution in [0.2, 0.25) is 0 Å². The van der Waals surface area contributed by atoms with Crippen LogP contribution in [0.5, 0.6) is 0 Å². The molecule has 0 aliphatic carbocycles. The van der Waals surface area contributed by atoms with Gasteiger partial charge in [0.25, 0.3) is 11.3 Å². The van der Waals surface area contributed by atoms with E-state index in [0.29, 0.717) is 10.8 Å². The lowest BCUT2D eigenvalue weighted by Gasteiger charge is -2.37. The van der Waals surface area contributed by atoms with Gasteiger partial charge in [0.15, 0.2) is 0 Å². The molecule has 0 radical (unpaired) electrons. The van der Waals surface area contributed by atoms with Gasteiger partial charge in [0.1, 0.15) is 0 Å². The van der Waals surface area contributed by atoms with Crippen molar-refractivity contribution in [3.63, 3.8) is 0 Å². The Bertz CT molecular complexity index is 1110. The Morgan fingerprint density at radius 2 is 1.32 bits per heavy atom. The van der Waals surface area contributed by atoms with E-state index in [1.165, 1.54) is 6.07 Å². The molecule has 1 N–H and O–H groups in total. The first-order valence-electron chi connectivity index (χ1n) is 8.96. The number of hydrogen-bond acceptors (Lipinski definition) is 10. The predicted molar refractivity (Wildman–Crippen MR) is 105 cm³/mol. The number of rotatable bonds is 5. The van der Waals surface area contributed by atoms with Gasteiger partial charge >= 0.3 is 23.9 Å².